The number of nitrogens with zero attached hydrogens (tertiary/aromatic N) is 15. The van der Waals surface area contributed by atoms with Gasteiger partial charge in [0.1, 0.15) is 6.10 Å². The van der Waals surface area contributed by atoms with E-state index in [0.717, 1.165) is 5.56 Å². The van der Waals surface area contributed by atoms with E-state index in [1.165, 1.54) is 0 Å². The number of benzene rings is 1. The van der Waals surface area contributed by atoms with Crippen LogP contribution < -0.4 is 0 Å². The summed E-state index contributed by atoms with van der Waals surface area (Å²) in [4.78, 5) is 15.3. The molecule has 23 heteroatoms. The third-order valence-electron chi connectivity index (χ3n) is 12.6. The Bertz CT molecular complexity index is 1840. The lowest BCUT2D eigenvalue weighted by molar-refractivity contribution is -0.347. The van der Waals surface area contributed by atoms with Crippen molar-refractivity contribution in [1.29, 1.82) is 0 Å². The number of hydrogen-bond acceptors (Lipinski definition) is 13. The van der Waals surface area contributed by atoms with Crippen LogP contribution in [-0.2, 0) is 37.9 Å². The third kappa shape index (κ3) is 9.44. The van der Waals surface area contributed by atoms with E-state index in [9.17, 15) is 22.1 Å². The lowest BCUT2D eigenvalue weighted by atomic mass is 9.78. The summed E-state index contributed by atoms with van der Waals surface area (Å²) in [5, 5.41) is 20.0. The van der Waals surface area contributed by atoms with Crippen molar-refractivity contribution in [3.8, 4) is 0 Å². The van der Waals surface area contributed by atoms with E-state index in [4.69, 9.17) is 43.4 Å². The SMILES string of the molecule is CCC1OC(OC2C(C)C(N=[N+]=[N-])CC(N=[N+]=[N-])C2OC2OC3COC(c4ccccc4)OC3C(C)C2N=[N+]=[N-])C(C)C1OC1OC(CN=[N+]=[N-])C(C)C(C)C1N=[N+]=[N-]. The summed E-state index contributed by atoms with van der Waals surface area (Å²) < 4.78 is 52.0. The van der Waals surface area contributed by atoms with Gasteiger partial charge in [0.2, 0.25) is 0 Å². The largest absolute Gasteiger partial charge is 0.349 e. The predicted octanol–water partition coefficient (Wildman–Crippen LogP) is 8.45. The minimum atomic E-state index is -1.14. The number of fused-ring (bicyclic) bond motifs is 1. The molecule has 5 aliphatic rings. The Morgan fingerprint density at radius 3 is 1.88 bits per heavy atom. The fourth-order valence-electron chi connectivity index (χ4n) is 9.00. The van der Waals surface area contributed by atoms with Crippen molar-refractivity contribution in [1.82, 2.24) is 0 Å². The Hall–Kier alpha value is -4.55. The summed E-state index contributed by atoms with van der Waals surface area (Å²) >= 11 is 0. The van der Waals surface area contributed by atoms with Gasteiger partial charge in [0.05, 0.1) is 67.9 Å². The van der Waals surface area contributed by atoms with Crippen molar-refractivity contribution in [2.45, 2.75) is 146 Å². The molecule has 0 spiro atoms. The normalized spacial score (nSPS) is 42.9. The van der Waals surface area contributed by atoms with Gasteiger partial charge in [-0.1, -0.05) is 97.4 Å². The molecule has 0 N–H and O–H groups in total. The van der Waals surface area contributed by atoms with Gasteiger partial charge in [-0.3, -0.25) is 0 Å². The second-order valence-corrected chi connectivity index (χ2v) is 15.9. The molecule has 1 aromatic carbocycles. The minimum absolute atomic E-state index is 0.0733. The standard InChI is InChI=1S/C36H51N15O8/c1-7-24-30(57-35-27(45-50-40)17(3)16(2)25(54-35)14-42-47-37)20(6)33(53-24)58-31-18(4)22(43-48-38)13-23(44-49-39)32(31)59-36-28(46-51-41)19(5)29-26(55-36)15-52-34(56-29)21-11-9-8-10-12-21/h8-12,16-20,22-36H,7,13-15H2,1-6H3. The molecule has 1 aliphatic carbocycles. The van der Waals surface area contributed by atoms with E-state index >= 15 is 0 Å². The number of azide groups is 5. The summed E-state index contributed by atoms with van der Waals surface area (Å²) in [6.45, 7) is 11.7. The van der Waals surface area contributed by atoms with Crippen molar-refractivity contribution >= 4 is 0 Å². The second-order valence-electron chi connectivity index (χ2n) is 15.9. The van der Waals surface area contributed by atoms with Gasteiger partial charge >= 0.3 is 0 Å². The molecule has 4 saturated heterocycles. The highest BCUT2D eigenvalue weighted by molar-refractivity contribution is 5.17. The molecule has 0 bridgehead atoms. The van der Waals surface area contributed by atoms with E-state index in [1.807, 2.05) is 71.9 Å². The van der Waals surface area contributed by atoms with Crippen molar-refractivity contribution in [2.75, 3.05) is 13.2 Å². The molecule has 20 atom stereocenters. The maximum atomic E-state index is 9.73. The topological polar surface area (TPSA) is 318 Å². The quantitative estimate of drug-likeness (QED) is 0.0992. The Morgan fingerprint density at radius 2 is 1.22 bits per heavy atom. The molecule has 59 heavy (non-hydrogen) atoms. The van der Waals surface area contributed by atoms with Crippen LogP contribution in [0.1, 0.15) is 66.2 Å². The molecule has 1 saturated carbocycles. The molecule has 0 aromatic heterocycles. The van der Waals surface area contributed by atoms with Crippen LogP contribution in [0.4, 0.5) is 0 Å². The lowest BCUT2D eigenvalue weighted by Gasteiger charge is -2.50. The first-order chi connectivity index (χ1) is 28.6. The Kier molecular flexibility index (Phi) is 15.0. The number of hydrogen-bond donors (Lipinski definition) is 0. The molecule has 5 fully saturated rings. The highest BCUT2D eigenvalue weighted by Crippen LogP contribution is 2.44. The van der Waals surface area contributed by atoms with Crippen molar-refractivity contribution < 1.29 is 37.9 Å². The Morgan fingerprint density at radius 1 is 0.610 bits per heavy atom. The summed E-state index contributed by atoms with van der Waals surface area (Å²) in [5.74, 6) is -1.60. The van der Waals surface area contributed by atoms with E-state index in [-0.39, 0.29) is 31.4 Å². The van der Waals surface area contributed by atoms with Crippen LogP contribution in [0.15, 0.2) is 55.9 Å². The smallest absolute Gasteiger partial charge is 0.184 e. The molecule has 1 aromatic rings. The molecule has 4 heterocycles. The molecule has 4 aliphatic heterocycles. The zero-order chi connectivity index (χ0) is 42.2. The van der Waals surface area contributed by atoms with Gasteiger partial charge in [0, 0.05) is 42.1 Å². The highest BCUT2D eigenvalue weighted by atomic mass is 16.8. The monoisotopic (exact) mass is 821 g/mol. The Balaban J connectivity index is 1.26. The van der Waals surface area contributed by atoms with Crippen LogP contribution >= 0.6 is 0 Å². The van der Waals surface area contributed by atoms with Gasteiger partial charge in [-0.25, -0.2) is 0 Å². The van der Waals surface area contributed by atoms with Crippen LogP contribution in [-0.4, -0.2) is 98.9 Å². The summed E-state index contributed by atoms with van der Waals surface area (Å²) in [6, 6.07) is 6.39. The van der Waals surface area contributed by atoms with Gasteiger partial charge < -0.3 is 37.9 Å². The molecule has 318 valence electrons. The first-order valence-corrected chi connectivity index (χ1v) is 20.0. The van der Waals surface area contributed by atoms with Crippen LogP contribution in [0.2, 0.25) is 0 Å². The highest BCUT2D eigenvalue weighted by Gasteiger charge is 2.54. The maximum Gasteiger partial charge on any atom is 0.184 e. The molecular weight excluding hydrogens is 770 g/mol. The van der Waals surface area contributed by atoms with Crippen LogP contribution in [0.25, 0.3) is 52.2 Å². The van der Waals surface area contributed by atoms with E-state index in [2.05, 4.69) is 50.1 Å². The molecular formula is C36H51N15O8. The maximum absolute atomic E-state index is 9.73. The molecule has 0 amide bonds. The average Bonchev–Trinajstić information content (AvgIpc) is 3.54. The van der Waals surface area contributed by atoms with Crippen LogP contribution in [0.5, 0.6) is 0 Å². The fourth-order valence-corrected chi connectivity index (χ4v) is 9.00. The first kappa shape index (κ1) is 44.0. The molecule has 0 radical (unpaired) electrons. The Labute approximate surface area is 340 Å². The van der Waals surface area contributed by atoms with Crippen LogP contribution in [0.3, 0.4) is 0 Å². The van der Waals surface area contributed by atoms with Crippen molar-refractivity contribution in [3.63, 3.8) is 0 Å². The summed E-state index contributed by atoms with van der Waals surface area (Å²) in [5.41, 5.74) is 48.2. The summed E-state index contributed by atoms with van der Waals surface area (Å²) in [7, 11) is 0. The number of rotatable bonds is 14. The molecule has 6 rings (SSSR count). The van der Waals surface area contributed by atoms with E-state index in [0.29, 0.717) is 6.42 Å². The van der Waals surface area contributed by atoms with Crippen molar-refractivity contribution in [2.24, 2.45) is 55.2 Å². The first-order valence-electron chi connectivity index (χ1n) is 20.0. The van der Waals surface area contributed by atoms with Gasteiger partial charge in [0.15, 0.2) is 25.2 Å². The second kappa shape index (κ2) is 20.1. The van der Waals surface area contributed by atoms with Crippen molar-refractivity contribution in [3.05, 3.63) is 88.1 Å². The van der Waals surface area contributed by atoms with Gasteiger partial charge in [0.25, 0.3) is 0 Å². The lowest BCUT2D eigenvalue weighted by Crippen LogP contribution is -2.61. The predicted molar refractivity (Wildman–Crippen MR) is 207 cm³/mol. The fraction of sp³-hybridized carbons (Fsp3) is 0.833. The zero-order valence-corrected chi connectivity index (χ0v) is 33.7. The zero-order valence-electron chi connectivity index (χ0n) is 33.7. The average molecular weight is 822 g/mol. The van der Waals surface area contributed by atoms with Gasteiger partial charge in [-0.2, -0.15) is 0 Å². The van der Waals surface area contributed by atoms with E-state index in [1.54, 1.807) is 0 Å². The minimum Gasteiger partial charge on any atom is -0.349 e. The third-order valence-corrected chi connectivity index (χ3v) is 12.6. The van der Waals surface area contributed by atoms with Gasteiger partial charge in [-0.15, -0.1) is 0 Å². The molecule has 20 unspecified atom stereocenters. The summed E-state index contributed by atoms with van der Waals surface area (Å²) in [6.07, 6.45) is -7.58. The molecule has 23 nitrogen and oxygen atoms in total. The van der Waals surface area contributed by atoms with E-state index < -0.39 is 110 Å². The van der Waals surface area contributed by atoms with Crippen LogP contribution in [0, 0.1) is 29.6 Å². The number of ether oxygens (including phenoxy) is 8. The van der Waals surface area contributed by atoms with Gasteiger partial charge in [-0.05, 0) is 64.2 Å².